The van der Waals surface area contributed by atoms with Gasteiger partial charge in [0.05, 0.1) is 0 Å². The van der Waals surface area contributed by atoms with Gasteiger partial charge in [0, 0.05) is 45.8 Å². The van der Waals surface area contributed by atoms with E-state index in [2.05, 4.69) is 9.80 Å². The zero-order valence-electron chi connectivity index (χ0n) is 12.7. The van der Waals surface area contributed by atoms with E-state index >= 15 is 0 Å². The smallest absolute Gasteiger partial charge is 0.114 e. The molecular formula is C17H27N3O. The number of nitrogens with two attached hydrogens (primary N) is 1. The van der Waals surface area contributed by atoms with Crippen LogP contribution in [-0.2, 0) is 5.60 Å². The van der Waals surface area contributed by atoms with Crippen molar-refractivity contribution in [3.05, 3.63) is 35.9 Å². The lowest BCUT2D eigenvalue weighted by Gasteiger charge is -2.39. The topological polar surface area (TPSA) is 52.7 Å². The first-order valence-corrected chi connectivity index (χ1v) is 8.12. The number of piperazine rings is 1. The van der Waals surface area contributed by atoms with Gasteiger partial charge in [-0.3, -0.25) is 4.90 Å². The van der Waals surface area contributed by atoms with Gasteiger partial charge in [-0.25, -0.2) is 0 Å². The molecule has 1 aromatic carbocycles. The van der Waals surface area contributed by atoms with Crippen LogP contribution in [0.1, 0.15) is 18.4 Å². The number of hydrogen-bond acceptors (Lipinski definition) is 4. The minimum Gasteiger partial charge on any atom is -0.382 e. The number of hydrogen-bond donors (Lipinski definition) is 2. The number of rotatable bonds is 6. The quantitative estimate of drug-likeness (QED) is 0.815. The lowest BCUT2D eigenvalue weighted by atomic mass is 9.93. The molecule has 0 aromatic heterocycles. The normalized spacial score (nSPS) is 23.9. The monoisotopic (exact) mass is 289 g/mol. The molecule has 1 aliphatic heterocycles. The lowest BCUT2D eigenvalue weighted by molar-refractivity contribution is -0.00749. The van der Waals surface area contributed by atoms with Crippen LogP contribution in [0, 0.1) is 5.92 Å². The van der Waals surface area contributed by atoms with Gasteiger partial charge in [0.15, 0.2) is 0 Å². The molecule has 3 N–H and O–H groups in total. The van der Waals surface area contributed by atoms with E-state index in [1.807, 2.05) is 30.3 Å². The van der Waals surface area contributed by atoms with E-state index in [0.29, 0.717) is 6.54 Å². The molecule has 0 bridgehead atoms. The van der Waals surface area contributed by atoms with E-state index in [1.165, 1.54) is 19.4 Å². The van der Waals surface area contributed by atoms with Gasteiger partial charge in [-0.1, -0.05) is 30.3 Å². The minimum absolute atomic E-state index is 0.263. The molecule has 0 spiro atoms. The molecule has 21 heavy (non-hydrogen) atoms. The summed E-state index contributed by atoms with van der Waals surface area (Å²) in [5.74, 6) is 0.960. The largest absolute Gasteiger partial charge is 0.382 e. The first-order chi connectivity index (χ1) is 10.2. The van der Waals surface area contributed by atoms with Crippen molar-refractivity contribution < 1.29 is 5.11 Å². The Morgan fingerprint density at radius 3 is 2.24 bits per heavy atom. The zero-order chi connectivity index (χ0) is 14.7. The zero-order valence-corrected chi connectivity index (χ0v) is 12.7. The van der Waals surface area contributed by atoms with Crippen LogP contribution in [0.3, 0.4) is 0 Å². The first kappa shape index (κ1) is 15.0. The predicted octanol–water partition coefficient (Wildman–Crippen LogP) is 0.861. The molecule has 4 nitrogen and oxygen atoms in total. The molecule has 1 unspecified atom stereocenters. The van der Waals surface area contributed by atoms with Crippen molar-refractivity contribution in [2.75, 3.05) is 45.8 Å². The van der Waals surface area contributed by atoms with Gasteiger partial charge in [0.1, 0.15) is 5.60 Å². The third kappa shape index (κ3) is 3.83. The number of benzene rings is 1. The maximum atomic E-state index is 10.9. The standard InChI is InChI=1S/C17H27N3O/c18-13-17(21,16-4-2-1-3-5-16)14-20-10-8-19(9-11-20)12-15-6-7-15/h1-5,15,21H,6-14,18H2. The molecule has 1 heterocycles. The summed E-state index contributed by atoms with van der Waals surface area (Å²) in [5, 5.41) is 10.9. The number of nitrogens with zero attached hydrogens (tertiary/aromatic N) is 2. The van der Waals surface area contributed by atoms with Gasteiger partial charge < -0.3 is 15.7 Å². The van der Waals surface area contributed by atoms with Crippen LogP contribution in [0.4, 0.5) is 0 Å². The molecule has 0 amide bonds. The fourth-order valence-electron chi connectivity index (χ4n) is 3.19. The SMILES string of the molecule is NCC(O)(CN1CCN(CC2CC2)CC1)c1ccccc1. The number of β-amino-alcohol motifs (C(OH)–C–C–N with tert-alkyl or cyclic N) is 1. The van der Waals surface area contributed by atoms with Crippen LogP contribution in [-0.4, -0.2) is 60.7 Å². The van der Waals surface area contributed by atoms with Crippen molar-refractivity contribution in [2.24, 2.45) is 11.7 Å². The molecule has 2 aliphatic rings. The highest BCUT2D eigenvalue weighted by atomic mass is 16.3. The van der Waals surface area contributed by atoms with Gasteiger partial charge in [0.2, 0.25) is 0 Å². The summed E-state index contributed by atoms with van der Waals surface area (Å²) in [4.78, 5) is 4.92. The Morgan fingerprint density at radius 1 is 1.05 bits per heavy atom. The third-order valence-corrected chi connectivity index (χ3v) is 4.81. The average molecular weight is 289 g/mol. The maximum absolute atomic E-state index is 10.9. The van der Waals surface area contributed by atoms with Crippen LogP contribution >= 0.6 is 0 Å². The first-order valence-electron chi connectivity index (χ1n) is 8.12. The Hall–Kier alpha value is -0.940. The fraction of sp³-hybridized carbons (Fsp3) is 0.647. The molecular weight excluding hydrogens is 262 g/mol. The van der Waals surface area contributed by atoms with Crippen molar-refractivity contribution >= 4 is 0 Å². The molecule has 4 heteroatoms. The lowest BCUT2D eigenvalue weighted by Crippen LogP contribution is -2.53. The van der Waals surface area contributed by atoms with E-state index in [0.717, 1.165) is 37.7 Å². The molecule has 2 fully saturated rings. The Morgan fingerprint density at radius 2 is 1.67 bits per heavy atom. The van der Waals surface area contributed by atoms with Crippen LogP contribution in [0.25, 0.3) is 0 Å². The molecule has 0 radical (unpaired) electrons. The maximum Gasteiger partial charge on any atom is 0.114 e. The molecule has 1 saturated carbocycles. The fourth-order valence-corrected chi connectivity index (χ4v) is 3.19. The molecule has 1 saturated heterocycles. The van der Waals surface area contributed by atoms with Crippen LogP contribution in [0.15, 0.2) is 30.3 Å². The van der Waals surface area contributed by atoms with E-state index in [-0.39, 0.29) is 6.54 Å². The molecule has 116 valence electrons. The van der Waals surface area contributed by atoms with E-state index in [1.54, 1.807) is 0 Å². The summed E-state index contributed by atoms with van der Waals surface area (Å²) < 4.78 is 0. The van der Waals surface area contributed by atoms with E-state index in [9.17, 15) is 5.11 Å². The van der Waals surface area contributed by atoms with Gasteiger partial charge in [-0.15, -0.1) is 0 Å². The highest BCUT2D eigenvalue weighted by Gasteiger charge is 2.32. The van der Waals surface area contributed by atoms with E-state index in [4.69, 9.17) is 5.73 Å². The van der Waals surface area contributed by atoms with Crippen molar-refractivity contribution in [3.63, 3.8) is 0 Å². The predicted molar refractivity (Wildman–Crippen MR) is 85.0 cm³/mol. The third-order valence-electron chi connectivity index (χ3n) is 4.81. The van der Waals surface area contributed by atoms with Crippen molar-refractivity contribution in [3.8, 4) is 0 Å². The number of aliphatic hydroxyl groups is 1. The second-order valence-electron chi connectivity index (χ2n) is 6.62. The Labute approximate surface area is 127 Å². The summed E-state index contributed by atoms with van der Waals surface area (Å²) in [7, 11) is 0. The van der Waals surface area contributed by atoms with Gasteiger partial charge in [0.25, 0.3) is 0 Å². The van der Waals surface area contributed by atoms with Gasteiger partial charge >= 0.3 is 0 Å². The van der Waals surface area contributed by atoms with E-state index < -0.39 is 5.60 Å². The highest BCUT2D eigenvalue weighted by Crippen LogP contribution is 2.30. The minimum atomic E-state index is -0.931. The summed E-state index contributed by atoms with van der Waals surface area (Å²) in [6.07, 6.45) is 2.84. The van der Waals surface area contributed by atoms with Crippen molar-refractivity contribution in [1.29, 1.82) is 0 Å². The highest BCUT2D eigenvalue weighted by molar-refractivity contribution is 5.23. The summed E-state index contributed by atoms with van der Waals surface area (Å²) in [6.45, 7) is 6.46. The average Bonchev–Trinajstić information content (AvgIpc) is 3.34. The summed E-state index contributed by atoms with van der Waals surface area (Å²) >= 11 is 0. The Bertz CT molecular complexity index is 441. The molecule has 3 rings (SSSR count). The summed E-state index contributed by atoms with van der Waals surface area (Å²) in [5.41, 5.74) is 5.86. The molecule has 1 aromatic rings. The van der Waals surface area contributed by atoms with Crippen LogP contribution in [0.5, 0.6) is 0 Å². The van der Waals surface area contributed by atoms with Gasteiger partial charge in [-0.2, -0.15) is 0 Å². The van der Waals surface area contributed by atoms with Crippen LogP contribution < -0.4 is 5.73 Å². The second kappa shape index (κ2) is 6.44. The Kier molecular flexibility index (Phi) is 4.60. The van der Waals surface area contributed by atoms with Crippen LogP contribution in [0.2, 0.25) is 0 Å². The summed E-state index contributed by atoms with van der Waals surface area (Å²) in [6, 6.07) is 9.83. The van der Waals surface area contributed by atoms with Gasteiger partial charge in [-0.05, 0) is 24.3 Å². The Balaban J connectivity index is 1.55. The molecule has 1 aliphatic carbocycles. The second-order valence-corrected chi connectivity index (χ2v) is 6.62. The molecule has 1 atom stereocenters. The van der Waals surface area contributed by atoms with Crippen molar-refractivity contribution in [2.45, 2.75) is 18.4 Å². The van der Waals surface area contributed by atoms with Crippen molar-refractivity contribution in [1.82, 2.24) is 9.80 Å².